The number of phenols is 3. The van der Waals surface area contributed by atoms with Crippen molar-refractivity contribution in [3.8, 4) is 17.2 Å². The van der Waals surface area contributed by atoms with Crippen LogP contribution in [-0.4, -0.2) is 21.1 Å². The summed E-state index contributed by atoms with van der Waals surface area (Å²) in [6.45, 7) is 1.38. The predicted molar refractivity (Wildman–Crippen MR) is 120 cm³/mol. The quantitative estimate of drug-likeness (QED) is 0.329. The van der Waals surface area contributed by atoms with Crippen molar-refractivity contribution in [2.45, 2.75) is 19.8 Å². The van der Waals surface area contributed by atoms with Gasteiger partial charge in [0, 0.05) is 43.5 Å². The molecule has 0 saturated carbocycles. The number of benzene rings is 3. The summed E-state index contributed by atoms with van der Waals surface area (Å²) in [7, 11) is 0. The highest BCUT2D eigenvalue weighted by atomic mass is 79.9. The van der Waals surface area contributed by atoms with Crippen molar-refractivity contribution >= 4 is 49.2 Å². The Labute approximate surface area is 190 Å². The Morgan fingerprint density at radius 3 is 2.00 bits per heavy atom. The van der Waals surface area contributed by atoms with E-state index in [2.05, 4.69) is 31.9 Å². The standard InChI is InChI=1S/C22H17Br2ClO4/c1-11(26)19-10-17(24)7-13(22(19)29)5-15-9-18(25)8-14(21(15)28)4-12-6-16(23)2-3-20(12)27/h2-3,6-10,27-29H,4-5H2,1H3. The van der Waals surface area contributed by atoms with E-state index >= 15 is 0 Å². The molecule has 0 spiro atoms. The van der Waals surface area contributed by atoms with Crippen LogP contribution >= 0.6 is 43.5 Å². The highest BCUT2D eigenvalue weighted by Gasteiger charge is 2.17. The normalized spacial score (nSPS) is 10.9. The average Bonchev–Trinajstić information content (AvgIpc) is 2.64. The number of hydrogen-bond donors (Lipinski definition) is 3. The zero-order chi connectivity index (χ0) is 21.3. The zero-order valence-electron chi connectivity index (χ0n) is 15.3. The van der Waals surface area contributed by atoms with Crippen LogP contribution in [0.15, 0.2) is 51.4 Å². The fourth-order valence-corrected chi connectivity index (χ4v) is 4.33. The predicted octanol–water partition coefficient (Wildman–Crippen LogP) is 6.37. The molecule has 0 bridgehead atoms. The summed E-state index contributed by atoms with van der Waals surface area (Å²) < 4.78 is 1.46. The van der Waals surface area contributed by atoms with Crippen LogP contribution in [0.25, 0.3) is 0 Å². The summed E-state index contributed by atoms with van der Waals surface area (Å²) in [5.74, 6) is -0.236. The van der Waals surface area contributed by atoms with Gasteiger partial charge in [0.05, 0.1) is 5.56 Å². The van der Waals surface area contributed by atoms with E-state index in [4.69, 9.17) is 11.6 Å². The molecule has 29 heavy (non-hydrogen) atoms. The van der Waals surface area contributed by atoms with Gasteiger partial charge in [0.2, 0.25) is 0 Å². The van der Waals surface area contributed by atoms with Gasteiger partial charge >= 0.3 is 0 Å². The molecule has 3 aromatic carbocycles. The summed E-state index contributed by atoms with van der Waals surface area (Å²) >= 11 is 13.0. The molecule has 7 heteroatoms. The molecule has 4 nitrogen and oxygen atoms in total. The number of ketones is 1. The monoisotopic (exact) mass is 538 g/mol. The topological polar surface area (TPSA) is 77.8 Å². The number of phenolic OH excluding ortho intramolecular Hbond substituents is 3. The zero-order valence-corrected chi connectivity index (χ0v) is 19.3. The molecular formula is C22H17Br2ClO4. The molecule has 0 atom stereocenters. The second-order valence-electron chi connectivity index (χ2n) is 6.72. The lowest BCUT2D eigenvalue weighted by molar-refractivity contribution is 0.101. The van der Waals surface area contributed by atoms with Crippen molar-refractivity contribution in [3.05, 3.63) is 84.2 Å². The van der Waals surface area contributed by atoms with E-state index in [1.165, 1.54) is 6.92 Å². The Bertz CT molecular complexity index is 1110. The van der Waals surface area contributed by atoms with Gasteiger partial charge in [-0.2, -0.15) is 0 Å². The number of halogens is 3. The number of hydrogen-bond acceptors (Lipinski definition) is 4. The maximum Gasteiger partial charge on any atom is 0.163 e. The van der Waals surface area contributed by atoms with E-state index in [1.54, 1.807) is 42.5 Å². The van der Waals surface area contributed by atoms with Crippen LogP contribution in [0.3, 0.4) is 0 Å². The van der Waals surface area contributed by atoms with Gasteiger partial charge in [0.25, 0.3) is 0 Å². The first kappa shape index (κ1) is 21.7. The van der Waals surface area contributed by atoms with E-state index in [0.717, 1.165) is 4.47 Å². The van der Waals surface area contributed by atoms with E-state index < -0.39 is 0 Å². The fraction of sp³-hybridized carbons (Fsp3) is 0.136. The number of rotatable bonds is 5. The van der Waals surface area contributed by atoms with Crippen molar-refractivity contribution < 1.29 is 20.1 Å². The summed E-state index contributed by atoms with van der Waals surface area (Å²) in [5.41, 5.74) is 2.37. The molecule has 0 unspecified atom stereocenters. The van der Waals surface area contributed by atoms with Crippen LogP contribution in [0.1, 0.15) is 39.5 Å². The number of carbonyl (C=O) groups is 1. The first-order valence-corrected chi connectivity index (χ1v) is 10.6. The Hall–Kier alpha value is -2.02. The van der Waals surface area contributed by atoms with Crippen molar-refractivity contribution in [2.75, 3.05) is 0 Å². The molecule has 0 aromatic heterocycles. The molecule has 3 rings (SSSR count). The Balaban J connectivity index is 2.02. The molecule has 0 aliphatic carbocycles. The van der Waals surface area contributed by atoms with Gasteiger partial charge in [-0.3, -0.25) is 4.79 Å². The highest BCUT2D eigenvalue weighted by Crippen LogP contribution is 2.36. The van der Waals surface area contributed by atoms with Crippen LogP contribution < -0.4 is 0 Å². The summed E-state index contributed by atoms with van der Waals surface area (Å²) in [5, 5.41) is 31.8. The van der Waals surface area contributed by atoms with Crippen molar-refractivity contribution in [2.24, 2.45) is 0 Å². The largest absolute Gasteiger partial charge is 0.508 e. The maximum absolute atomic E-state index is 11.8. The fourth-order valence-electron chi connectivity index (χ4n) is 3.15. The number of carbonyl (C=O) groups excluding carboxylic acids is 1. The minimum absolute atomic E-state index is 0.0255. The Morgan fingerprint density at radius 2 is 1.38 bits per heavy atom. The second-order valence-corrected chi connectivity index (χ2v) is 8.98. The van der Waals surface area contributed by atoms with Gasteiger partial charge in [-0.05, 0) is 55.0 Å². The third-order valence-corrected chi connectivity index (χ3v) is 5.74. The molecule has 3 aromatic rings. The number of aromatic hydroxyl groups is 3. The summed E-state index contributed by atoms with van der Waals surface area (Å²) in [6, 6.07) is 11.6. The van der Waals surface area contributed by atoms with Gasteiger partial charge in [-0.25, -0.2) is 0 Å². The van der Waals surface area contributed by atoms with Crippen LogP contribution in [0.2, 0.25) is 5.02 Å². The SMILES string of the molecule is CC(=O)c1cc(Br)cc(Cc2cc(Cl)cc(Cc3cc(Br)ccc3O)c2O)c1O. The van der Waals surface area contributed by atoms with Crippen LogP contribution in [-0.2, 0) is 12.8 Å². The maximum atomic E-state index is 11.8. The van der Waals surface area contributed by atoms with E-state index in [0.29, 0.717) is 31.7 Å². The van der Waals surface area contributed by atoms with Gasteiger partial charge in [-0.15, -0.1) is 0 Å². The van der Waals surface area contributed by atoms with Gasteiger partial charge < -0.3 is 15.3 Å². The minimum atomic E-state index is -0.258. The van der Waals surface area contributed by atoms with Crippen LogP contribution in [0, 0.1) is 0 Å². The molecule has 0 fully saturated rings. The molecule has 0 aliphatic heterocycles. The Morgan fingerprint density at radius 1 is 0.828 bits per heavy atom. The van der Waals surface area contributed by atoms with Crippen molar-refractivity contribution in [3.63, 3.8) is 0 Å². The lowest BCUT2D eigenvalue weighted by Crippen LogP contribution is -1.99. The smallest absolute Gasteiger partial charge is 0.163 e. The van der Waals surface area contributed by atoms with Crippen LogP contribution in [0.4, 0.5) is 0 Å². The third-order valence-electron chi connectivity index (χ3n) is 4.57. The van der Waals surface area contributed by atoms with E-state index in [1.807, 2.05) is 0 Å². The molecule has 0 amide bonds. The molecule has 0 saturated heterocycles. The second kappa shape index (κ2) is 8.78. The van der Waals surface area contributed by atoms with Crippen molar-refractivity contribution in [1.29, 1.82) is 0 Å². The molecule has 0 radical (unpaired) electrons. The Kier molecular flexibility index (Phi) is 6.56. The average molecular weight is 541 g/mol. The van der Waals surface area contributed by atoms with E-state index in [9.17, 15) is 20.1 Å². The molecule has 150 valence electrons. The lowest BCUT2D eigenvalue weighted by atomic mass is 9.95. The highest BCUT2D eigenvalue weighted by molar-refractivity contribution is 9.10. The van der Waals surface area contributed by atoms with Gasteiger partial charge in [0.15, 0.2) is 5.78 Å². The lowest BCUT2D eigenvalue weighted by Gasteiger charge is -2.14. The first-order valence-electron chi connectivity index (χ1n) is 8.65. The van der Waals surface area contributed by atoms with Crippen LogP contribution in [0.5, 0.6) is 17.2 Å². The van der Waals surface area contributed by atoms with Crippen molar-refractivity contribution in [1.82, 2.24) is 0 Å². The van der Waals surface area contributed by atoms with E-state index in [-0.39, 0.29) is 41.4 Å². The molecule has 0 aliphatic rings. The third kappa shape index (κ3) is 4.94. The van der Waals surface area contributed by atoms with Gasteiger partial charge in [0.1, 0.15) is 17.2 Å². The molecular weight excluding hydrogens is 523 g/mol. The minimum Gasteiger partial charge on any atom is -0.508 e. The molecule has 3 N–H and O–H groups in total. The van der Waals surface area contributed by atoms with Gasteiger partial charge in [-0.1, -0.05) is 43.5 Å². The summed E-state index contributed by atoms with van der Waals surface area (Å²) in [6.07, 6.45) is 0.448. The number of Topliss-reactive ketones (excluding diaryl/α,β-unsaturated/α-hetero) is 1. The molecule has 0 heterocycles. The summed E-state index contributed by atoms with van der Waals surface area (Å²) in [4.78, 5) is 11.8. The first-order chi connectivity index (χ1) is 13.7.